The smallest absolute Gasteiger partial charge is 0.253 e. The summed E-state index contributed by atoms with van der Waals surface area (Å²) in [5, 5.41) is 4.36. The molecule has 1 amide bonds. The molecule has 0 spiro atoms. The zero-order valence-corrected chi connectivity index (χ0v) is 11.9. The molecule has 20 heavy (non-hydrogen) atoms. The highest BCUT2D eigenvalue weighted by Gasteiger charge is 2.24. The fourth-order valence-corrected chi connectivity index (χ4v) is 3.07. The molecular formula is C16H21N3O. The Balaban J connectivity index is 1.77. The van der Waals surface area contributed by atoms with Crippen molar-refractivity contribution < 1.29 is 4.79 Å². The molecular weight excluding hydrogens is 250 g/mol. The van der Waals surface area contributed by atoms with Crippen LogP contribution in [0.15, 0.2) is 30.5 Å². The van der Waals surface area contributed by atoms with Crippen LogP contribution in [-0.4, -0.2) is 42.5 Å². The first-order valence-corrected chi connectivity index (χ1v) is 7.29. The second kappa shape index (κ2) is 5.67. The lowest BCUT2D eigenvalue weighted by Gasteiger charge is -2.32. The lowest BCUT2D eigenvalue weighted by atomic mass is 9.97. The molecule has 0 radical (unpaired) electrons. The van der Waals surface area contributed by atoms with Crippen LogP contribution in [0.5, 0.6) is 0 Å². The van der Waals surface area contributed by atoms with Crippen LogP contribution in [0.25, 0.3) is 10.9 Å². The second-order valence-electron chi connectivity index (χ2n) is 5.60. The lowest BCUT2D eigenvalue weighted by Crippen LogP contribution is -2.42. The van der Waals surface area contributed by atoms with Gasteiger partial charge in [0.1, 0.15) is 0 Å². The number of aromatic amines is 1. The standard InChI is InChI=1S/C16H21N3O/c1-17-10-12-3-2-8-19(11-12)16(20)14-5-4-13-6-7-18-15(13)9-14/h4-7,9,12,17-18H,2-3,8,10-11H2,1H3. The number of carbonyl (C=O) groups is 1. The maximum atomic E-state index is 12.6. The number of aromatic nitrogens is 1. The van der Waals surface area contributed by atoms with Crippen LogP contribution in [-0.2, 0) is 0 Å². The van der Waals surface area contributed by atoms with Crippen molar-refractivity contribution in [2.24, 2.45) is 5.92 Å². The molecule has 1 unspecified atom stereocenters. The number of piperidine rings is 1. The van der Waals surface area contributed by atoms with Gasteiger partial charge in [-0.3, -0.25) is 4.79 Å². The summed E-state index contributed by atoms with van der Waals surface area (Å²) in [5.74, 6) is 0.731. The van der Waals surface area contributed by atoms with Gasteiger partial charge in [0.25, 0.3) is 5.91 Å². The van der Waals surface area contributed by atoms with Crippen molar-refractivity contribution in [1.82, 2.24) is 15.2 Å². The molecule has 1 saturated heterocycles. The Morgan fingerprint density at radius 1 is 1.45 bits per heavy atom. The topological polar surface area (TPSA) is 48.1 Å². The summed E-state index contributed by atoms with van der Waals surface area (Å²) < 4.78 is 0. The Kier molecular flexibility index (Phi) is 3.74. The largest absolute Gasteiger partial charge is 0.361 e. The molecule has 2 aromatic rings. The van der Waals surface area contributed by atoms with Gasteiger partial charge in [-0.1, -0.05) is 6.07 Å². The van der Waals surface area contributed by atoms with Gasteiger partial charge in [-0.05, 0) is 55.9 Å². The fraction of sp³-hybridized carbons (Fsp3) is 0.438. The number of amides is 1. The molecule has 1 fully saturated rings. The molecule has 1 aliphatic rings. The van der Waals surface area contributed by atoms with E-state index >= 15 is 0 Å². The number of benzene rings is 1. The van der Waals surface area contributed by atoms with E-state index in [-0.39, 0.29) is 5.91 Å². The van der Waals surface area contributed by atoms with E-state index in [1.54, 1.807) is 0 Å². The molecule has 0 saturated carbocycles. The number of nitrogens with zero attached hydrogens (tertiary/aromatic N) is 1. The fourth-order valence-electron chi connectivity index (χ4n) is 3.07. The Morgan fingerprint density at radius 2 is 2.35 bits per heavy atom. The first-order valence-electron chi connectivity index (χ1n) is 7.29. The molecule has 4 nitrogen and oxygen atoms in total. The van der Waals surface area contributed by atoms with Crippen molar-refractivity contribution in [3.05, 3.63) is 36.0 Å². The minimum atomic E-state index is 0.155. The van der Waals surface area contributed by atoms with Gasteiger partial charge in [-0.15, -0.1) is 0 Å². The summed E-state index contributed by atoms with van der Waals surface area (Å²) >= 11 is 0. The van der Waals surface area contributed by atoms with Gasteiger partial charge in [-0.2, -0.15) is 0 Å². The van der Waals surface area contributed by atoms with Gasteiger partial charge in [0.2, 0.25) is 0 Å². The summed E-state index contributed by atoms with van der Waals surface area (Å²) in [5.41, 5.74) is 1.81. The van der Waals surface area contributed by atoms with Crippen molar-refractivity contribution in [2.45, 2.75) is 12.8 Å². The first-order chi connectivity index (χ1) is 9.78. The summed E-state index contributed by atoms with van der Waals surface area (Å²) in [7, 11) is 1.97. The average Bonchev–Trinajstić information content (AvgIpc) is 2.94. The van der Waals surface area contributed by atoms with E-state index in [0.29, 0.717) is 5.92 Å². The van der Waals surface area contributed by atoms with Crippen molar-refractivity contribution in [1.29, 1.82) is 0 Å². The Hall–Kier alpha value is -1.81. The predicted molar refractivity (Wildman–Crippen MR) is 80.9 cm³/mol. The zero-order valence-electron chi connectivity index (χ0n) is 11.9. The maximum Gasteiger partial charge on any atom is 0.253 e. The van der Waals surface area contributed by atoms with Gasteiger partial charge < -0.3 is 15.2 Å². The van der Waals surface area contributed by atoms with Crippen LogP contribution in [0.4, 0.5) is 0 Å². The monoisotopic (exact) mass is 271 g/mol. The Morgan fingerprint density at radius 3 is 3.20 bits per heavy atom. The second-order valence-corrected chi connectivity index (χ2v) is 5.60. The van der Waals surface area contributed by atoms with E-state index in [0.717, 1.165) is 42.5 Å². The van der Waals surface area contributed by atoms with Crippen molar-refractivity contribution in [3.8, 4) is 0 Å². The normalized spacial score (nSPS) is 19.4. The van der Waals surface area contributed by atoms with E-state index in [9.17, 15) is 4.79 Å². The third-order valence-electron chi connectivity index (χ3n) is 4.10. The third kappa shape index (κ3) is 2.56. The molecule has 1 atom stereocenters. The van der Waals surface area contributed by atoms with Crippen molar-refractivity contribution in [2.75, 3.05) is 26.7 Å². The molecule has 4 heteroatoms. The van der Waals surface area contributed by atoms with E-state index < -0.39 is 0 Å². The van der Waals surface area contributed by atoms with E-state index in [2.05, 4.69) is 10.3 Å². The number of fused-ring (bicyclic) bond motifs is 1. The lowest BCUT2D eigenvalue weighted by molar-refractivity contribution is 0.0674. The Labute approximate surface area is 119 Å². The molecule has 1 aromatic carbocycles. The summed E-state index contributed by atoms with van der Waals surface area (Å²) in [6.45, 7) is 2.73. The van der Waals surface area contributed by atoms with Crippen LogP contribution in [0.3, 0.4) is 0 Å². The van der Waals surface area contributed by atoms with Gasteiger partial charge >= 0.3 is 0 Å². The zero-order chi connectivity index (χ0) is 13.9. The van der Waals surface area contributed by atoms with Crippen LogP contribution >= 0.6 is 0 Å². The van der Waals surface area contributed by atoms with Gasteiger partial charge in [0.15, 0.2) is 0 Å². The molecule has 3 rings (SSSR count). The summed E-state index contributed by atoms with van der Waals surface area (Å²) in [6.07, 6.45) is 4.21. The van der Waals surface area contributed by atoms with Gasteiger partial charge in [0.05, 0.1) is 0 Å². The molecule has 0 aliphatic carbocycles. The first kappa shape index (κ1) is 13.2. The molecule has 1 aromatic heterocycles. The van der Waals surface area contributed by atoms with E-state index in [1.807, 2.05) is 42.4 Å². The quantitative estimate of drug-likeness (QED) is 0.899. The predicted octanol–water partition coefficient (Wildman–Crippen LogP) is 2.24. The van der Waals surface area contributed by atoms with E-state index in [1.165, 1.54) is 6.42 Å². The molecule has 1 aliphatic heterocycles. The maximum absolute atomic E-state index is 12.6. The van der Waals surface area contributed by atoms with Crippen LogP contribution in [0.1, 0.15) is 23.2 Å². The van der Waals surface area contributed by atoms with Crippen LogP contribution < -0.4 is 5.32 Å². The number of carbonyl (C=O) groups excluding carboxylic acids is 1. The SMILES string of the molecule is CNCC1CCCN(C(=O)c2ccc3cc[nH]c3c2)C1. The average molecular weight is 271 g/mol. The van der Waals surface area contributed by atoms with Crippen molar-refractivity contribution in [3.63, 3.8) is 0 Å². The van der Waals surface area contributed by atoms with Crippen LogP contribution in [0, 0.1) is 5.92 Å². The number of H-pyrrole nitrogens is 1. The van der Waals surface area contributed by atoms with Crippen molar-refractivity contribution >= 4 is 16.8 Å². The van der Waals surface area contributed by atoms with Gasteiger partial charge in [-0.25, -0.2) is 0 Å². The number of hydrogen-bond acceptors (Lipinski definition) is 2. The van der Waals surface area contributed by atoms with Crippen LogP contribution in [0.2, 0.25) is 0 Å². The molecule has 2 heterocycles. The minimum Gasteiger partial charge on any atom is -0.361 e. The number of likely N-dealkylation sites (tertiary alicyclic amines) is 1. The third-order valence-corrected chi connectivity index (χ3v) is 4.10. The number of nitrogens with one attached hydrogen (secondary N) is 2. The summed E-state index contributed by atoms with van der Waals surface area (Å²) in [4.78, 5) is 17.8. The molecule has 2 N–H and O–H groups in total. The highest BCUT2D eigenvalue weighted by Crippen LogP contribution is 2.20. The number of rotatable bonds is 3. The van der Waals surface area contributed by atoms with E-state index in [4.69, 9.17) is 0 Å². The highest BCUT2D eigenvalue weighted by molar-refractivity contribution is 5.98. The number of hydrogen-bond donors (Lipinski definition) is 2. The molecule has 106 valence electrons. The molecule has 0 bridgehead atoms. The van der Waals surface area contributed by atoms with Gasteiger partial charge in [0, 0.05) is 30.4 Å². The highest BCUT2D eigenvalue weighted by atomic mass is 16.2. The Bertz CT molecular complexity index is 603. The summed E-state index contributed by atoms with van der Waals surface area (Å²) in [6, 6.07) is 7.92. The minimum absolute atomic E-state index is 0.155.